The third-order valence-corrected chi connectivity index (χ3v) is 4.89. The molecule has 1 fully saturated rings. The van der Waals surface area contributed by atoms with Gasteiger partial charge in [0.15, 0.2) is 0 Å². The smallest absolute Gasteiger partial charge is 0.251 e. The van der Waals surface area contributed by atoms with Gasteiger partial charge in [-0.05, 0) is 52.3 Å². The lowest BCUT2D eigenvalue weighted by atomic mass is 10.2. The van der Waals surface area contributed by atoms with Gasteiger partial charge >= 0.3 is 0 Å². The first-order valence-electron chi connectivity index (χ1n) is 8.63. The molecule has 142 valence electrons. The Kier molecular flexibility index (Phi) is 6.28. The van der Waals surface area contributed by atoms with Crippen molar-refractivity contribution in [3.8, 4) is 5.75 Å². The second-order valence-electron chi connectivity index (χ2n) is 6.11. The number of pyridine rings is 1. The number of methoxy groups -OCH3 is 1. The molecule has 0 bridgehead atoms. The van der Waals surface area contributed by atoms with E-state index in [-0.39, 0.29) is 18.4 Å². The highest BCUT2D eigenvalue weighted by atomic mass is 79.9. The summed E-state index contributed by atoms with van der Waals surface area (Å²) in [5, 5.41) is 2.68. The van der Waals surface area contributed by atoms with Crippen LogP contribution in [-0.2, 0) is 4.79 Å². The fraction of sp³-hybridized carbons (Fsp3) is 0.316. The van der Waals surface area contributed by atoms with Gasteiger partial charge in [-0.15, -0.1) is 0 Å². The highest BCUT2D eigenvalue weighted by Gasteiger charge is 2.22. The van der Waals surface area contributed by atoms with Crippen molar-refractivity contribution in [2.75, 3.05) is 44.7 Å². The number of hydrogen-bond donors (Lipinski definition) is 1. The van der Waals surface area contributed by atoms with E-state index in [1.165, 1.54) is 0 Å². The Morgan fingerprint density at radius 2 is 1.81 bits per heavy atom. The van der Waals surface area contributed by atoms with Gasteiger partial charge in [-0.3, -0.25) is 9.59 Å². The molecule has 0 aliphatic carbocycles. The lowest BCUT2D eigenvalue weighted by Gasteiger charge is -2.35. The standard InChI is InChI=1S/C19H21BrN4O3/c1-27-16-5-2-14(3-6-16)19(26)22-13-18(25)24-10-8-23(9-11-24)17-7-4-15(20)12-21-17/h2-7,12H,8-11,13H2,1H3,(H,22,26). The number of benzene rings is 1. The second kappa shape index (κ2) is 8.85. The van der Waals surface area contributed by atoms with Gasteiger partial charge in [0.05, 0.1) is 13.7 Å². The fourth-order valence-corrected chi connectivity index (χ4v) is 3.09. The number of ether oxygens (including phenoxy) is 1. The molecule has 0 saturated carbocycles. The van der Waals surface area contributed by atoms with Crippen LogP contribution in [0.3, 0.4) is 0 Å². The van der Waals surface area contributed by atoms with Gasteiger partial charge in [-0.1, -0.05) is 0 Å². The summed E-state index contributed by atoms with van der Waals surface area (Å²) in [7, 11) is 1.57. The van der Waals surface area contributed by atoms with E-state index in [1.807, 2.05) is 12.1 Å². The molecule has 2 heterocycles. The fourth-order valence-electron chi connectivity index (χ4n) is 2.85. The van der Waals surface area contributed by atoms with E-state index in [1.54, 1.807) is 42.5 Å². The first kappa shape index (κ1) is 19.2. The Labute approximate surface area is 166 Å². The van der Waals surface area contributed by atoms with E-state index in [0.29, 0.717) is 37.5 Å². The van der Waals surface area contributed by atoms with Gasteiger partial charge in [0.25, 0.3) is 5.91 Å². The first-order chi connectivity index (χ1) is 13.1. The molecule has 3 rings (SSSR count). The zero-order chi connectivity index (χ0) is 19.2. The minimum Gasteiger partial charge on any atom is -0.497 e. The zero-order valence-corrected chi connectivity index (χ0v) is 16.6. The molecular weight excluding hydrogens is 412 g/mol. The highest BCUT2D eigenvalue weighted by molar-refractivity contribution is 9.10. The summed E-state index contributed by atoms with van der Waals surface area (Å²) in [4.78, 5) is 32.8. The number of nitrogens with zero attached hydrogens (tertiary/aromatic N) is 3. The van der Waals surface area contributed by atoms with Crippen LogP contribution in [0.2, 0.25) is 0 Å². The summed E-state index contributed by atoms with van der Waals surface area (Å²) in [5.74, 6) is 1.22. The van der Waals surface area contributed by atoms with Crippen molar-refractivity contribution in [3.63, 3.8) is 0 Å². The van der Waals surface area contributed by atoms with Crippen LogP contribution in [0.4, 0.5) is 5.82 Å². The Bertz CT molecular complexity index is 788. The Hall–Kier alpha value is -2.61. The quantitative estimate of drug-likeness (QED) is 0.780. The molecule has 2 amide bonds. The Morgan fingerprint density at radius 3 is 2.41 bits per heavy atom. The lowest BCUT2D eigenvalue weighted by molar-refractivity contribution is -0.130. The molecule has 1 aromatic heterocycles. The predicted octanol–water partition coefficient (Wildman–Crippen LogP) is 1.93. The molecule has 1 aliphatic rings. The summed E-state index contributed by atoms with van der Waals surface area (Å²) in [6.07, 6.45) is 1.77. The molecule has 1 aliphatic heterocycles. The van der Waals surface area contributed by atoms with Crippen LogP contribution in [0.25, 0.3) is 0 Å². The number of anilines is 1. The van der Waals surface area contributed by atoms with Crippen molar-refractivity contribution in [2.45, 2.75) is 0 Å². The zero-order valence-electron chi connectivity index (χ0n) is 15.0. The topological polar surface area (TPSA) is 74.8 Å². The third kappa shape index (κ3) is 4.97. The van der Waals surface area contributed by atoms with Crippen molar-refractivity contribution in [1.29, 1.82) is 0 Å². The maximum atomic E-state index is 12.4. The van der Waals surface area contributed by atoms with Crippen LogP contribution in [0.1, 0.15) is 10.4 Å². The van der Waals surface area contributed by atoms with E-state index >= 15 is 0 Å². The molecule has 7 nitrogen and oxygen atoms in total. The van der Waals surface area contributed by atoms with E-state index in [9.17, 15) is 9.59 Å². The number of amides is 2. The van der Waals surface area contributed by atoms with E-state index < -0.39 is 0 Å². The van der Waals surface area contributed by atoms with Gasteiger partial charge in [-0.25, -0.2) is 4.98 Å². The van der Waals surface area contributed by atoms with Crippen LogP contribution in [0.15, 0.2) is 47.1 Å². The van der Waals surface area contributed by atoms with Crippen LogP contribution in [0, 0.1) is 0 Å². The number of aromatic nitrogens is 1. The van der Waals surface area contributed by atoms with Gasteiger partial charge in [0.2, 0.25) is 5.91 Å². The van der Waals surface area contributed by atoms with Crippen LogP contribution >= 0.6 is 15.9 Å². The molecule has 8 heteroatoms. The maximum absolute atomic E-state index is 12.4. The van der Waals surface area contributed by atoms with Crippen LogP contribution in [-0.4, -0.2) is 61.5 Å². The van der Waals surface area contributed by atoms with E-state index in [2.05, 4.69) is 31.1 Å². The average Bonchev–Trinajstić information content (AvgIpc) is 2.72. The molecule has 0 radical (unpaired) electrons. The molecule has 1 N–H and O–H groups in total. The molecule has 0 unspecified atom stereocenters. The second-order valence-corrected chi connectivity index (χ2v) is 7.03. The van der Waals surface area contributed by atoms with Gasteiger partial charge in [0.1, 0.15) is 11.6 Å². The average molecular weight is 433 g/mol. The number of carbonyl (C=O) groups is 2. The van der Waals surface area contributed by atoms with Crippen molar-refractivity contribution in [1.82, 2.24) is 15.2 Å². The summed E-state index contributed by atoms with van der Waals surface area (Å²) in [6.45, 7) is 2.63. The van der Waals surface area contributed by atoms with Gasteiger partial charge in [-0.2, -0.15) is 0 Å². The molecule has 27 heavy (non-hydrogen) atoms. The highest BCUT2D eigenvalue weighted by Crippen LogP contribution is 2.16. The molecular formula is C19H21BrN4O3. The first-order valence-corrected chi connectivity index (χ1v) is 9.42. The molecule has 1 saturated heterocycles. The number of halogens is 1. The summed E-state index contributed by atoms with van der Waals surface area (Å²) in [6, 6.07) is 10.7. The van der Waals surface area contributed by atoms with Crippen molar-refractivity contribution < 1.29 is 14.3 Å². The van der Waals surface area contributed by atoms with Gasteiger partial charge < -0.3 is 19.9 Å². The maximum Gasteiger partial charge on any atom is 0.251 e. The summed E-state index contributed by atoms with van der Waals surface area (Å²) in [5.41, 5.74) is 0.495. The molecule has 2 aromatic rings. The molecule has 0 spiro atoms. The number of rotatable bonds is 5. The SMILES string of the molecule is COc1ccc(C(=O)NCC(=O)N2CCN(c3ccc(Br)cn3)CC2)cc1. The number of nitrogens with one attached hydrogen (secondary N) is 1. The van der Waals surface area contributed by atoms with Crippen molar-refractivity contribution in [3.05, 3.63) is 52.6 Å². The van der Waals surface area contributed by atoms with Crippen LogP contribution < -0.4 is 15.0 Å². The lowest BCUT2D eigenvalue weighted by Crippen LogP contribution is -2.51. The van der Waals surface area contributed by atoms with Gasteiger partial charge in [0, 0.05) is 42.4 Å². The van der Waals surface area contributed by atoms with Crippen molar-refractivity contribution in [2.24, 2.45) is 0 Å². The monoisotopic (exact) mass is 432 g/mol. The minimum atomic E-state index is -0.274. The molecule has 0 atom stereocenters. The van der Waals surface area contributed by atoms with E-state index in [0.717, 1.165) is 10.3 Å². The summed E-state index contributed by atoms with van der Waals surface area (Å²) < 4.78 is 6.01. The largest absolute Gasteiger partial charge is 0.497 e. The number of piperazine rings is 1. The van der Waals surface area contributed by atoms with Crippen LogP contribution in [0.5, 0.6) is 5.75 Å². The predicted molar refractivity (Wildman–Crippen MR) is 106 cm³/mol. The third-order valence-electron chi connectivity index (χ3n) is 4.42. The Morgan fingerprint density at radius 1 is 1.11 bits per heavy atom. The Balaban J connectivity index is 1.46. The minimum absolute atomic E-state index is 0.0125. The van der Waals surface area contributed by atoms with Crippen molar-refractivity contribution >= 4 is 33.6 Å². The number of carbonyl (C=O) groups excluding carboxylic acids is 2. The van der Waals surface area contributed by atoms with E-state index in [4.69, 9.17) is 4.74 Å². The summed E-state index contributed by atoms with van der Waals surface area (Å²) >= 11 is 3.38. The molecule has 1 aromatic carbocycles. The number of hydrogen-bond acceptors (Lipinski definition) is 5. The normalized spacial score (nSPS) is 14.0.